The molecule has 0 aromatic heterocycles. The molecule has 0 aliphatic carbocycles. The lowest BCUT2D eigenvalue weighted by Crippen LogP contribution is -2.73. The minimum Gasteiger partial charge on any atom is -0.439 e. The highest BCUT2D eigenvalue weighted by Crippen LogP contribution is 2.40. The fourth-order valence-electron chi connectivity index (χ4n) is 4.34. The molecule has 3 nitrogen and oxygen atoms in total. The average Bonchev–Trinajstić information content (AvgIpc) is 3.10. The fraction of sp³-hybridized carbons (Fsp3) is 0.259. The maximum absolute atomic E-state index is 6.15. The molecule has 2 N–H and O–H groups in total. The Bertz CT molecular complexity index is 1050. The predicted octanol–water partition coefficient (Wildman–Crippen LogP) is 5.08. The molecule has 1 unspecified atom stereocenters. The van der Waals surface area contributed by atoms with E-state index in [0.29, 0.717) is 0 Å². The molecule has 0 amide bonds. The number of hydrogen-bond acceptors (Lipinski definition) is 2. The number of para-hydroxylation sites is 3. The van der Waals surface area contributed by atoms with E-state index >= 15 is 0 Å². The Morgan fingerprint density at radius 2 is 1.67 bits per heavy atom. The molecule has 154 valence electrons. The number of aryl methyl sites for hydroxylation is 1. The molecule has 3 aromatic carbocycles. The zero-order chi connectivity index (χ0) is 21.1. The van der Waals surface area contributed by atoms with Gasteiger partial charge in [0.05, 0.1) is 12.7 Å². The van der Waals surface area contributed by atoms with Crippen LogP contribution in [0, 0.1) is 6.92 Å². The summed E-state index contributed by atoms with van der Waals surface area (Å²) < 4.78 is 6.15. The van der Waals surface area contributed by atoms with Gasteiger partial charge < -0.3 is 15.0 Å². The van der Waals surface area contributed by atoms with Crippen LogP contribution >= 0.6 is 0 Å². The number of fused-ring (bicyclic) bond motifs is 1. The van der Waals surface area contributed by atoms with E-state index in [1.807, 2.05) is 12.1 Å². The van der Waals surface area contributed by atoms with Gasteiger partial charge in [-0.25, -0.2) is 0 Å². The van der Waals surface area contributed by atoms with Crippen LogP contribution in [0.25, 0.3) is 0 Å². The first-order valence-electron chi connectivity index (χ1n) is 10.7. The molecule has 1 atom stereocenters. The zero-order valence-corrected chi connectivity index (χ0v) is 18.4. The molecule has 0 fully saturated rings. The van der Waals surface area contributed by atoms with Crippen LogP contribution in [0.4, 0.5) is 11.4 Å². The Morgan fingerprint density at radius 1 is 0.967 bits per heavy atom. The summed E-state index contributed by atoms with van der Waals surface area (Å²) in [4.78, 5) is 2.14. The van der Waals surface area contributed by atoms with Gasteiger partial charge in [0, 0.05) is 18.0 Å². The largest absolute Gasteiger partial charge is 0.439 e. The third-order valence-corrected chi connectivity index (χ3v) is 6.14. The first-order valence-corrected chi connectivity index (χ1v) is 10.7. The van der Waals surface area contributed by atoms with Gasteiger partial charge in [-0.2, -0.15) is 0 Å². The number of allylic oxidation sites excluding steroid dienone is 1. The van der Waals surface area contributed by atoms with Crippen LogP contribution in [-0.2, 0) is 11.8 Å². The molecular formula is C27H31N2O+. The number of benzene rings is 3. The van der Waals surface area contributed by atoms with E-state index < -0.39 is 0 Å². The average molecular weight is 400 g/mol. The van der Waals surface area contributed by atoms with Gasteiger partial charge in [0.15, 0.2) is 11.6 Å². The van der Waals surface area contributed by atoms with Gasteiger partial charge in [0.2, 0.25) is 0 Å². The van der Waals surface area contributed by atoms with Crippen LogP contribution in [-0.4, -0.2) is 14.1 Å². The standard InChI is InChI=1S/C27H30N2O/c1-20-13-15-21(16-14-20)19-27(2,22-9-5-6-10-23(22)28-3)18-17-26-29(4)24-11-7-8-12-25(24)30-26/h5-17,28H,18-19H2,1-4H3/p+1/b26-17-. The minimum atomic E-state index is -0.0513. The highest BCUT2D eigenvalue weighted by molar-refractivity contribution is 5.65. The van der Waals surface area contributed by atoms with Gasteiger partial charge in [-0.05, 0) is 49.6 Å². The highest BCUT2D eigenvalue weighted by atomic mass is 16.5. The van der Waals surface area contributed by atoms with Crippen LogP contribution < -0.4 is 15.0 Å². The van der Waals surface area contributed by atoms with Crippen LogP contribution in [0.1, 0.15) is 30.0 Å². The molecule has 1 heterocycles. The molecule has 0 saturated carbocycles. The van der Waals surface area contributed by atoms with E-state index in [4.69, 9.17) is 4.74 Å². The fourth-order valence-corrected chi connectivity index (χ4v) is 4.34. The third-order valence-electron chi connectivity index (χ3n) is 6.14. The van der Waals surface area contributed by atoms with Gasteiger partial charge in [0.25, 0.3) is 0 Å². The number of quaternary nitrogens is 1. The summed E-state index contributed by atoms with van der Waals surface area (Å²) >= 11 is 0. The van der Waals surface area contributed by atoms with E-state index in [1.165, 1.54) is 22.4 Å². The first kappa shape index (κ1) is 20.2. The number of nitrogens with two attached hydrogens (primary N) is 1. The number of anilines is 1. The Morgan fingerprint density at radius 3 is 2.40 bits per heavy atom. The molecule has 0 radical (unpaired) electrons. The van der Waals surface area contributed by atoms with Gasteiger partial charge >= 0.3 is 0 Å². The van der Waals surface area contributed by atoms with Crippen LogP contribution in [0.15, 0.2) is 84.8 Å². The Labute approximate surface area is 180 Å². The minimum absolute atomic E-state index is 0.0513. The molecule has 1 aliphatic rings. The van der Waals surface area contributed by atoms with E-state index in [2.05, 4.69) is 105 Å². The summed E-state index contributed by atoms with van der Waals surface area (Å²) in [6.07, 6.45) is 4.11. The normalized spacial score (nSPS) is 16.3. The SMILES string of the molecule is C[NH2+]c1ccccc1C(C)(C/C=C1\Oc2ccccc2N1C)Cc1ccc(C)cc1. The van der Waals surface area contributed by atoms with Crippen LogP contribution in [0.3, 0.4) is 0 Å². The monoisotopic (exact) mass is 399 g/mol. The second-order valence-electron chi connectivity index (χ2n) is 8.47. The second kappa shape index (κ2) is 8.37. The number of ether oxygens (including phenoxy) is 1. The summed E-state index contributed by atoms with van der Waals surface area (Å²) in [5.41, 5.74) is 6.40. The second-order valence-corrected chi connectivity index (χ2v) is 8.47. The quantitative estimate of drug-likeness (QED) is 0.586. The molecule has 4 rings (SSSR count). The van der Waals surface area contributed by atoms with Crippen LogP contribution in [0.2, 0.25) is 0 Å². The van der Waals surface area contributed by atoms with Crippen molar-refractivity contribution in [3.63, 3.8) is 0 Å². The zero-order valence-electron chi connectivity index (χ0n) is 18.4. The highest BCUT2D eigenvalue weighted by Gasteiger charge is 2.31. The van der Waals surface area contributed by atoms with Crippen molar-refractivity contribution < 1.29 is 10.1 Å². The third kappa shape index (κ3) is 3.99. The molecule has 3 heteroatoms. The van der Waals surface area contributed by atoms with Crippen molar-refractivity contribution in [2.24, 2.45) is 0 Å². The predicted molar refractivity (Wildman–Crippen MR) is 124 cm³/mol. The van der Waals surface area contributed by atoms with E-state index in [9.17, 15) is 0 Å². The van der Waals surface area contributed by atoms with Crippen molar-refractivity contribution in [2.45, 2.75) is 32.1 Å². The molecule has 0 bridgehead atoms. The van der Waals surface area contributed by atoms with E-state index in [1.54, 1.807) is 0 Å². The first-order chi connectivity index (χ1) is 14.5. The maximum atomic E-state index is 6.15. The lowest BCUT2D eigenvalue weighted by atomic mass is 9.74. The lowest BCUT2D eigenvalue weighted by molar-refractivity contribution is -0.540. The summed E-state index contributed by atoms with van der Waals surface area (Å²) in [5.74, 6) is 1.83. The molecule has 0 saturated heterocycles. The Balaban J connectivity index is 1.68. The van der Waals surface area contributed by atoms with Gasteiger partial charge in [-0.3, -0.25) is 0 Å². The van der Waals surface area contributed by atoms with Crippen molar-refractivity contribution in [3.05, 3.63) is 101 Å². The molecule has 30 heavy (non-hydrogen) atoms. The Hall–Kier alpha value is -3.04. The molecule has 1 aliphatic heterocycles. The van der Waals surface area contributed by atoms with Crippen molar-refractivity contribution in [1.82, 2.24) is 0 Å². The maximum Gasteiger partial charge on any atom is 0.196 e. The van der Waals surface area contributed by atoms with Crippen molar-refractivity contribution in [2.75, 3.05) is 19.0 Å². The van der Waals surface area contributed by atoms with Gasteiger partial charge in [-0.1, -0.05) is 67.1 Å². The molecular weight excluding hydrogens is 368 g/mol. The molecule has 3 aromatic rings. The van der Waals surface area contributed by atoms with Crippen molar-refractivity contribution in [1.29, 1.82) is 0 Å². The summed E-state index contributed by atoms with van der Waals surface area (Å²) in [7, 11) is 4.19. The summed E-state index contributed by atoms with van der Waals surface area (Å²) in [6.45, 7) is 4.51. The van der Waals surface area contributed by atoms with E-state index in [0.717, 1.165) is 30.2 Å². The molecule has 0 spiro atoms. The van der Waals surface area contributed by atoms with Crippen molar-refractivity contribution in [3.8, 4) is 5.75 Å². The summed E-state index contributed by atoms with van der Waals surface area (Å²) in [6, 6.07) is 25.9. The van der Waals surface area contributed by atoms with Gasteiger partial charge in [-0.15, -0.1) is 0 Å². The number of rotatable bonds is 6. The smallest absolute Gasteiger partial charge is 0.196 e. The number of nitrogens with zero attached hydrogens (tertiary/aromatic N) is 1. The summed E-state index contributed by atoms with van der Waals surface area (Å²) in [5, 5.41) is 2.21. The number of hydrogen-bond donors (Lipinski definition) is 1. The van der Waals surface area contributed by atoms with Crippen LogP contribution in [0.5, 0.6) is 5.75 Å². The van der Waals surface area contributed by atoms with Gasteiger partial charge in [0.1, 0.15) is 5.69 Å². The lowest BCUT2D eigenvalue weighted by Gasteiger charge is -2.30. The van der Waals surface area contributed by atoms with Crippen molar-refractivity contribution >= 4 is 11.4 Å². The topological polar surface area (TPSA) is 29.1 Å². The Kier molecular flexibility index (Phi) is 5.65. The van der Waals surface area contributed by atoms with E-state index in [-0.39, 0.29) is 5.41 Å².